The summed E-state index contributed by atoms with van der Waals surface area (Å²) >= 11 is 4.53. The van der Waals surface area contributed by atoms with E-state index in [9.17, 15) is 0 Å². The van der Waals surface area contributed by atoms with E-state index < -0.39 is 0 Å². The molecular weight excluding hydrogens is 214 g/mol. The van der Waals surface area contributed by atoms with Crippen LogP contribution in [0.1, 0.15) is 47.5 Å². The van der Waals surface area contributed by atoms with E-state index in [0.29, 0.717) is 11.3 Å². The van der Waals surface area contributed by atoms with Crippen LogP contribution in [0.15, 0.2) is 0 Å². The average molecular weight is 243 g/mol. The zero-order chi connectivity index (χ0) is 12.3. The molecule has 0 aromatic heterocycles. The topological polar surface area (TPSA) is 3.24 Å². The summed E-state index contributed by atoms with van der Waals surface area (Å²) in [6.07, 6.45) is 2.77. The van der Waals surface area contributed by atoms with E-state index >= 15 is 0 Å². The molecular formula is C14H29NS. The van der Waals surface area contributed by atoms with Crippen LogP contribution in [0.3, 0.4) is 0 Å². The van der Waals surface area contributed by atoms with E-state index in [4.69, 9.17) is 0 Å². The first-order valence-electron chi connectivity index (χ1n) is 6.69. The van der Waals surface area contributed by atoms with E-state index in [0.717, 1.165) is 17.7 Å². The maximum atomic E-state index is 4.53. The van der Waals surface area contributed by atoms with Crippen LogP contribution in [0.5, 0.6) is 0 Å². The van der Waals surface area contributed by atoms with Gasteiger partial charge in [-0.25, -0.2) is 0 Å². The van der Waals surface area contributed by atoms with Gasteiger partial charge in [-0.2, -0.15) is 12.6 Å². The summed E-state index contributed by atoms with van der Waals surface area (Å²) in [5.41, 5.74) is 0.377. The normalized spacial score (nSPS) is 30.4. The number of piperidine rings is 1. The predicted octanol–water partition coefficient (Wildman–Crippen LogP) is 3.70. The fraction of sp³-hybridized carbons (Fsp3) is 1.00. The lowest BCUT2D eigenvalue weighted by atomic mass is 9.80. The second-order valence-electron chi connectivity index (χ2n) is 6.73. The monoisotopic (exact) mass is 243 g/mol. The highest BCUT2D eigenvalue weighted by molar-refractivity contribution is 7.80. The molecule has 0 aromatic carbocycles. The highest BCUT2D eigenvalue weighted by atomic mass is 32.1. The van der Waals surface area contributed by atoms with Gasteiger partial charge in [0.15, 0.2) is 0 Å². The van der Waals surface area contributed by atoms with E-state index in [1.807, 2.05) is 0 Å². The fourth-order valence-corrected chi connectivity index (χ4v) is 3.19. The summed E-state index contributed by atoms with van der Waals surface area (Å²) in [4.78, 5) is 2.68. The van der Waals surface area contributed by atoms with E-state index in [1.54, 1.807) is 0 Å². The average Bonchev–Trinajstić information content (AvgIpc) is 2.17. The van der Waals surface area contributed by atoms with Gasteiger partial charge in [0.1, 0.15) is 0 Å². The SMILES string of the molecule is CC1CCC(C)N(CC(CS)C(C)(C)C)C1. The van der Waals surface area contributed by atoms with Gasteiger partial charge in [-0.3, -0.25) is 0 Å². The largest absolute Gasteiger partial charge is 0.300 e. The van der Waals surface area contributed by atoms with Gasteiger partial charge >= 0.3 is 0 Å². The molecule has 1 rings (SSSR count). The van der Waals surface area contributed by atoms with Crippen LogP contribution in [0.25, 0.3) is 0 Å². The van der Waals surface area contributed by atoms with Crippen molar-refractivity contribution in [3.05, 3.63) is 0 Å². The summed E-state index contributed by atoms with van der Waals surface area (Å²) in [6.45, 7) is 14.3. The molecule has 1 heterocycles. The number of rotatable bonds is 3. The summed E-state index contributed by atoms with van der Waals surface area (Å²) in [6, 6.07) is 0.765. The van der Waals surface area contributed by atoms with Crippen molar-refractivity contribution in [3.8, 4) is 0 Å². The maximum Gasteiger partial charge on any atom is 0.00672 e. The second-order valence-corrected chi connectivity index (χ2v) is 7.10. The first kappa shape index (κ1) is 14.4. The van der Waals surface area contributed by atoms with Crippen LogP contribution in [0.4, 0.5) is 0 Å². The molecule has 1 nitrogen and oxygen atoms in total. The van der Waals surface area contributed by atoms with Gasteiger partial charge in [0.25, 0.3) is 0 Å². The van der Waals surface area contributed by atoms with Crippen molar-refractivity contribution in [2.45, 2.75) is 53.5 Å². The molecule has 0 bridgehead atoms. The molecule has 0 spiro atoms. The first-order valence-corrected chi connectivity index (χ1v) is 7.32. The molecule has 0 aliphatic carbocycles. The molecule has 1 fully saturated rings. The highest BCUT2D eigenvalue weighted by Gasteiger charge is 2.29. The van der Waals surface area contributed by atoms with Crippen molar-refractivity contribution in [1.29, 1.82) is 0 Å². The van der Waals surface area contributed by atoms with Crippen molar-refractivity contribution in [2.75, 3.05) is 18.8 Å². The van der Waals surface area contributed by atoms with E-state index in [2.05, 4.69) is 52.1 Å². The zero-order valence-electron chi connectivity index (χ0n) is 11.7. The predicted molar refractivity (Wildman–Crippen MR) is 76.2 cm³/mol. The van der Waals surface area contributed by atoms with Gasteiger partial charge in [-0.05, 0) is 42.8 Å². The Kier molecular flexibility index (Phi) is 5.18. The first-order chi connectivity index (χ1) is 7.34. The van der Waals surface area contributed by atoms with Crippen LogP contribution >= 0.6 is 12.6 Å². The van der Waals surface area contributed by atoms with Gasteiger partial charge in [-0.15, -0.1) is 0 Å². The van der Waals surface area contributed by atoms with Crippen molar-refractivity contribution < 1.29 is 0 Å². The summed E-state index contributed by atoms with van der Waals surface area (Å²) < 4.78 is 0. The van der Waals surface area contributed by atoms with Crippen molar-refractivity contribution in [3.63, 3.8) is 0 Å². The number of hydrogen-bond donors (Lipinski definition) is 1. The van der Waals surface area contributed by atoms with E-state index in [-0.39, 0.29) is 0 Å². The summed E-state index contributed by atoms with van der Waals surface area (Å²) in [5.74, 6) is 2.57. The minimum atomic E-state index is 0.377. The number of thiol groups is 1. The Labute approximate surface area is 107 Å². The smallest absolute Gasteiger partial charge is 0.00672 e. The molecule has 16 heavy (non-hydrogen) atoms. The molecule has 0 N–H and O–H groups in total. The van der Waals surface area contributed by atoms with Gasteiger partial charge in [0.05, 0.1) is 0 Å². The van der Waals surface area contributed by atoms with Gasteiger partial charge < -0.3 is 4.90 Å². The molecule has 0 saturated carbocycles. The van der Waals surface area contributed by atoms with Gasteiger partial charge in [0.2, 0.25) is 0 Å². The molecule has 3 atom stereocenters. The molecule has 1 aliphatic rings. The molecule has 0 aromatic rings. The Bertz CT molecular complexity index is 209. The molecule has 1 aliphatic heterocycles. The maximum absolute atomic E-state index is 4.53. The Hall–Kier alpha value is 0.310. The zero-order valence-corrected chi connectivity index (χ0v) is 12.6. The summed E-state index contributed by atoms with van der Waals surface area (Å²) in [5, 5.41) is 0. The molecule has 0 radical (unpaired) electrons. The fourth-order valence-electron chi connectivity index (χ4n) is 2.52. The third-order valence-electron chi connectivity index (χ3n) is 4.15. The lowest BCUT2D eigenvalue weighted by Crippen LogP contribution is -2.46. The van der Waals surface area contributed by atoms with Crippen LogP contribution in [0, 0.1) is 17.3 Å². The van der Waals surface area contributed by atoms with Crippen LogP contribution in [-0.4, -0.2) is 29.8 Å². The molecule has 1 saturated heterocycles. The van der Waals surface area contributed by atoms with Crippen LogP contribution in [-0.2, 0) is 0 Å². The Morgan fingerprint density at radius 2 is 1.88 bits per heavy atom. The number of likely N-dealkylation sites (tertiary alicyclic amines) is 1. The Balaban J connectivity index is 2.56. The minimum Gasteiger partial charge on any atom is -0.300 e. The number of nitrogens with zero attached hydrogens (tertiary/aromatic N) is 1. The van der Waals surface area contributed by atoms with Crippen molar-refractivity contribution in [1.82, 2.24) is 4.90 Å². The molecule has 96 valence electrons. The summed E-state index contributed by atoms with van der Waals surface area (Å²) in [7, 11) is 0. The van der Waals surface area contributed by atoms with Crippen LogP contribution < -0.4 is 0 Å². The van der Waals surface area contributed by atoms with Crippen molar-refractivity contribution in [2.24, 2.45) is 17.3 Å². The Morgan fingerprint density at radius 3 is 2.38 bits per heavy atom. The third-order valence-corrected chi connectivity index (χ3v) is 4.59. The van der Waals surface area contributed by atoms with Gasteiger partial charge in [0, 0.05) is 19.1 Å². The molecule has 0 amide bonds. The molecule has 3 unspecified atom stereocenters. The third kappa shape index (κ3) is 3.96. The highest BCUT2D eigenvalue weighted by Crippen LogP contribution is 2.30. The quantitative estimate of drug-likeness (QED) is 0.740. The van der Waals surface area contributed by atoms with Crippen molar-refractivity contribution >= 4 is 12.6 Å². The second kappa shape index (κ2) is 5.77. The van der Waals surface area contributed by atoms with E-state index in [1.165, 1.54) is 25.9 Å². The number of hydrogen-bond acceptors (Lipinski definition) is 2. The molecule has 2 heteroatoms. The van der Waals surface area contributed by atoms with Crippen LogP contribution in [0.2, 0.25) is 0 Å². The Morgan fingerprint density at radius 1 is 1.25 bits per heavy atom. The standard InChI is InChI=1S/C14H29NS/c1-11-6-7-12(2)15(8-11)9-13(10-16)14(3,4)5/h11-13,16H,6-10H2,1-5H3. The van der Waals surface area contributed by atoms with Gasteiger partial charge in [-0.1, -0.05) is 27.7 Å². The minimum absolute atomic E-state index is 0.377. The lowest BCUT2D eigenvalue weighted by Gasteiger charge is -2.41. The lowest BCUT2D eigenvalue weighted by molar-refractivity contribution is 0.0817.